The molecule has 2 heterocycles. The van der Waals surface area contributed by atoms with Gasteiger partial charge in [0.15, 0.2) is 10.7 Å². The molecule has 1 aliphatic heterocycles. The molecule has 0 bridgehead atoms. The van der Waals surface area contributed by atoms with E-state index in [1.807, 2.05) is 37.3 Å². The largest absolute Gasteiger partial charge is 0.355 e. The normalized spacial score (nSPS) is 19.4. The fourth-order valence-electron chi connectivity index (χ4n) is 4.97. The molecule has 0 atom stereocenters. The summed E-state index contributed by atoms with van der Waals surface area (Å²) in [4.78, 5) is 12.9. The van der Waals surface area contributed by atoms with Gasteiger partial charge in [0.2, 0.25) is 15.9 Å². The summed E-state index contributed by atoms with van der Waals surface area (Å²) < 4.78 is 33.8. The molecule has 1 N–H and O–H groups in total. The molecule has 1 aliphatic carbocycles. The van der Waals surface area contributed by atoms with Crippen LogP contribution in [0.15, 0.2) is 33.7 Å². The topological polar surface area (TPSA) is 92.5 Å². The van der Waals surface area contributed by atoms with Crippen molar-refractivity contribution < 1.29 is 17.7 Å². The number of sulfonamides is 1. The van der Waals surface area contributed by atoms with Gasteiger partial charge in [-0.05, 0) is 51.2 Å². The Morgan fingerprint density at radius 1 is 1.06 bits per heavy atom. The van der Waals surface area contributed by atoms with Crippen molar-refractivity contribution in [3.8, 4) is 0 Å². The van der Waals surface area contributed by atoms with Crippen LogP contribution < -0.4 is 5.32 Å². The zero-order valence-corrected chi connectivity index (χ0v) is 20.9. The van der Waals surface area contributed by atoms with Gasteiger partial charge < -0.3 is 9.84 Å². The molecule has 7 nitrogen and oxygen atoms in total. The molecular formula is C26H35N3O4S. The lowest BCUT2D eigenvalue weighted by atomic mass is 9.96. The van der Waals surface area contributed by atoms with E-state index < -0.39 is 10.0 Å². The van der Waals surface area contributed by atoms with E-state index in [0.717, 1.165) is 24.0 Å². The Kier molecular flexibility index (Phi) is 7.88. The molecule has 1 saturated heterocycles. The summed E-state index contributed by atoms with van der Waals surface area (Å²) in [7, 11) is -3.78. The number of amides is 1. The first-order valence-electron chi connectivity index (χ1n) is 12.4. The first-order valence-corrected chi connectivity index (χ1v) is 13.8. The number of piperidine rings is 1. The van der Waals surface area contributed by atoms with E-state index in [1.165, 1.54) is 30.0 Å². The molecule has 0 radical (unpaired) electrons. The van der Waals surface area contributed by atoms with Gasteiger partial charge in [0.25, 0.3) is 0 Å². The average molecular weight is 486 g/mol. The van der Waals surface area contributed by atoms with E-state index in [4.69, 9.17) is 4.52 Å². The highest BCUT2D eigenvalue weighted by Gasteiger charge is 2.36. The molecule has 0 unspecified atom stereocenters. The maximum absolute atomic E-state index is 13.5. The molecule has 34 heavy (non-hydrogen) atoms. The Labute approximate surface area is 202 Å². The maximum atomic E-state index is 13.5. The van der Waals surface area contributed by atoms with Gasteiger partial charge in [0.1, 0.15) is 5.69 Å². The molecular weight excluding hydrogens is 450 g/mol. The molecule has 8 heteroatoms. The van der Waals surface area contributed by atoms with Crippen LogP contribution in [0.4, 0.5) is 0 Å². The number of benzene rings is 1. The third kappa shape index (κ3) is 5.78. The number of aromatic nitrogens is 1. The minimum atomic E-state index is -3.78. The van der Waals surface area contributed by atoms with E-state index >= 15 is 0 Å². The first-order chi connectivity index (χ1) is 16.3. The summed E-state index contributed by atoms with van der Waals surface area (Å²) in [6.07, 6.45) is 11.5. The Hall–Kier alpha value is -2.45. The van der Waals surface area contributed by atoms with Gasteiger partial charge in [0.05, 0.1) is 0 Å². The number of aryl methyl sites for hydroxylation is 2. The zero-order valence-electron chi connectivity index (χ0n) is 20.1. The molecule has 0 spiro atoms. The lowest BCUT2D eigenvalue weighted by molar-refractivity contribution is -0.126. The highest BCUT2D eigenvalue weighted by atomic mass is 32.2. The fourth-order valence-corrected chi connectivity index (χ4v) is 6.69. The van der Waals surface area contributed by atoms with Crippen LogP contribution in [-0.2, 0) is 14.8 Å². The standard InChI is InChI=1S/C26H35N3O4S/c1-19-8-7-9-21(18-19)12-13-24-25(20(2)28-33-24)34(31,32)29-16-14-22(15-17-29)26(30)27-23-10-5-3-4-6-11-23/h7-9,12-13,18,22-23H,3-6,10-11,14-17H2,1-2H3,(H,27,30). The smallest absolute Gasteiger partial charge is 0.248 e. The SMILES string of the molecule is Cc1cccc(C=Cc2onc(C)c2S(=O)(=O)N2CCC(C(=O)NC3CCCCCC3)CC2)c1. The second kappa shape index (κ2) is 10.9. The second-order valence-corrected chi connectivity index (χ2v) is 11.5. The van der Waals surface area contributed by atoms with Crippen molar-refractivity contribution in [1.29, 1.82) is 0 Å². The third-order valence-electron chi connectivity index (χ3n) is 6.93. The van der Waals surface area contributed by atoms with Crippen LogP contribution in [0.1, 0.15) is 73.9 Å². The summed E-state index contributed by atoms with van der Waals surface area (Å²) in [5.74, 6) is 0.165. The molecule has 2 fully saturated rings. The van der Waals surface area contributed by atoms with Crippen molar-refractivity contribution in [3.63, 3.8) is 0 Å². The summed E-state index contributed by atoms with van der Waals surface area (Å²) in [6, 6.07) is 8.18. The van der Waals surface area contributed by atoms with Crippen LogP contribution in [-0.4, -0.2) is 42.9 Å². The number of hydrogen-bond donors (Lipinski definition) is 1. The summed E-state index contributed by atoms with van der Waals surface area (Å²) in [6.45, 7) is 4.28. The Morgan fingerprint density at radius 2 is 1.76 bits per heavy atom. The van der Waals surface area contributed by atoms with Crippen molar-refractivity contribution in [3.05, 3.63) is 46.8 Å². The summed E-state index contributed by atoms with van der Waals surface area (Å²) in [5.41, 5.74) is 2.42. The summed E-state index contributed by atoms with van der Waals surface area (Å²) in [5, 5.41) is 7.15. The second-order valence-electron chi connectivity index (χ2n) is 9.58. The number of nitrogens with one attached hydrogen (secondary N) is 1. The number of hydrogen-bond acceptors (Lipinski definition) is 5. The molecule has 2 aromatic rings. The predicted octanol–water partition coefficient (Wildman–Crippen LogP) is 4.70. The molecule has 184 valence electrons. The van der Waals surface area contributed by atoms with Gasteiger partial charge in [-0.3, -0.25) is 4.79 Å². The van der Waals surface area contributed by atoms with Gasteiger partial charge >= 0.3 is 0 Å². The van der Waals surface area contributed by atoms with Crippen LogP contribution in [0.25, 0.3) is 12.2 Å². The van der Waals surface area contributed by atoms with Gasteiger partial charge in [-0.1, -0.05) is 66.7 Å². The molecule has 1 amide bonds. The zero-order chi connectivity index (χ0) is 24.1. The van der Waals surface area contributed by atoms with E-state index in [9.17, 15) is 13.2 Å². The Bertz CT molecular complexity index is 1120. The van der Waals surface area contributed by atoms with E-state index in [0.29, 0.717) is 31.6 Å². The van der Waals surface area contributed by atoms with Crippen molar-refractivity contribution in [2.75, 3.05) is 13.1 Å². The third-order valence-corrected chi connectivity index (χ3v) is 8.98. The van der Waals surface area contributed by atoms with Crippen molar-refractivity contribution in [2.24, 2.45) is 5.92 Å². The number of carbonyl (C=O) groups is 1. The quantitative estimate of drug-likeness (QED) is 0.599. The first kappa shape index (κ1) is 24.7. The van der Waals surface area contributed by atoms with Crippen molar-refractivity contribution in [1.82, 2.24) is 14.8 Å². The van der Waals surface area contributed by atoms with Crippen LogP contribution in [0.3, 0.4) is 0 Å². The Balaban J connectivity index is 1.41. The molecule has 1 aromatic heterocycles. The minimum absolute atomic E-state index is 0.0758. The minimum Gasteiger partial charge on any atom is -0.355 e. The van der Waals surface area contributed by atoms with E-state index in [-0.39, 0.29) is 28.5 Å². The van der Waals surface area contributed by atoms with Gasteiger partial charge in [-0.15, -0.1) is 0 Å². The average Bonchev–Trinajstić information content (AvgIpc) is 3.01. The van der Waals surface area contributed by atoms with Crippen LogP contribution in [0.5, 0.6) is 0 Å². The van der Waals surface area contributed by atoms with E-state index in [2.05, 4.69) is 10.5 Å². The molecule has 1 aromatic carbocycles. The van der Waals surface area contributed by atoms with E-state index in [1.54, 1.807) is 13.0 Å². The van der Waals surface area contributed by atoms with Crippen LogP contribution in [0.2, 0.25) is 0 Å². The van der Waals surface area contributed by atoms with Crippen molar-refractivity contribution in [2.45, 2.75) is 76.2 Å². The highest BCUT2D eigenvalue weighted by Crippen LogP contribution is 2.29. The van der Waals surface area contributed by atoms with Crippen molar-refractivity contribution >= 4 is 28.1 Å². The Morgan fingerprint density at radius 3 is 2.44 bits per heavy atom. The fraction of sp³-hybridized carbons (Fsp3) is 0.538. The number of nitrogens with zero attached hydrogens (tertiary/aromatic N) is 2. The monoisotopic (exact) mass is 485 g/mol. The maximum Gasteiger partial charge on any atom is 0.248 e. The predicted molar refractivity (Wildman–Crippen MR) is 132 cm³/mol. The van der Waals surface area contributed by atoms with Crippen LogP contribution in [0, 0.1) is 19.8 Å². The molecule has 2 aliphatic rings. The number of carbonyl (C=O) groups excluding carboxylic acids is 1. The lowest BCUT2D eigenvalue weighted by Crippen LogP contribution is -2.45. The highest BCUT2D eigenvalue weighted by molar-refractivity contribution is 7.89. The number of rotatable bonds is 6. The van der Waals surface area contributed by atoms with Crippen LogP contribution >= 0.6 is 0 Å². The summed E-state index contributed by atoms with van der Waals surface area (Å²) >= 11 is 0. The molecule has 1 saturated carbocycles. The van der Waals surface area contributed by atoms with Gasteiger partial charge in [0, 0.05) is 25.0 Å². The lowest BCUT2D eigenvalue weighted by Gasteiger charge is -2.31. The van der Waals surface area contributed by atoms with Gasteiger partial charge in [-0.25, -0.2) is 8.42 Å². The molecule has 4 rings (SSSR count). The van der Waals surface area contributed by atoms with Gasteiger partial charge in [-0.2, -0.15) is 4.31 Å².